The van der Waals surface area contributed by atoms with Crippen molar-refractivity contribution in [2.24, 2.45) is 0 Å². The first-order valence-corrected chi connectivity index (χ1v) is 8.02. The van der Waals surface area contributed by atoms with Crippen LogP contribution in [0.25, 0.3) is 0 Å². The van der Waals surface area contributed by atoms with Crippen LogP contribution in [0.4, 0.5) is 0 Å². The molecule has 0 bridgehead atoms. The molecule has 0 amide bonds. The molecule has 0 aromatic heterocycles. The first-order chi connectivity index (χ1) is 8.41. The summed E-state index contributed by atoms with van der Waals surface area (Å²) in [4.78, 5) is 0. The predicted molar refractivity (Wildman–Crippen MR) is 79.3 cm³/mol. The second-order valence-electron chi connectivity index (χ2n) is 5.32. The number of aliphatic hydroxyl groups is 1. The van der Waals surface area contributed by atoms with Crippen molar-refractivity contribution >= 4 is 0 Å². The average molecular weight is 299 g/mol. The SMILES string of the molecule is CCCCCCCCCCCCCCCCO.[K+].[OH-]. The summed E-state index contributed by atoms with van der Waals surface area (Å²) in [6, 6.07) is 0. The van der Waals surface area contributed by atoms with Gasteiger partial charge in [0.1, 0.15) is 0 Å². The summed E-state index contributed by atoms with van der Waals surface area (Å²) >= 11 is 0. The molecule has 0 spiro atoms. The number of rotatable bonds is 14. The molecule has 0 aliphatic rings. The number of aliphatic hydroxyl groups excluding tert-OH is 1. The molecule has 2 nitrogen and oxygen atoms in total. The second kappa shape index (κ2) is 24.6. The maximum Gasteiger partial charge on any atom is 1.00 e. The summed E-state index contributed by atoms with van der Waals surface area (Å²) in [5.74, 6) is 0. The Hall–Kier alpha value is 1.56. The van der Waals surface area contributed by atoms with Crippen molar-refractivity contribution in [2.75, 3.05) is 6.61 Å². The van der Waals surface area contributed by atoms with Crippen LogP contribution in [-0.2, 0) is 0 Å². The molecule has 0 radical (unpaired) electrons. The Morgan fingerprint density at radius 2 is 0.789 bits per heavy atom. The third-order valence-electron chi connectivity index (χ3n) is 3.51. The third kappa shape index (κ3) is 24.9. The summed E-state index contributed by atoms with van der Waals surface area (Å²) in [6.45, 7) is 2.65. The van der Waals surface area contributed by atoms with Crippen molar-refractivity contribution < 1.29 is 62.0 Å². The van der Waals surface area contributed by atoms with Crippen LogP contribution in [0.3, 0.4) is 0 Å². The normalized spacial score (nSPS) is 9.79. The van der Waals surface area contributed by atoms with E-state index in [2.05, 4.69) is 6.92 Å². The van der Waals surface area contributed by atoms with Crippen LogP contribution in [0.15, 0.2) is 0 Å². The van der Waals surface area contributed by atoms with Crippen molar-refractivity contribution in [1.82, 2.24) is 0 Å². The monoisotopic (exact) mass is 298 g/mol. The van der Waals surface area contributed by atoms with E-state index >= 15 is 0 Å². The van der Waals surface area contributed by atoms with Crippen LogP contribution in [0, 0.1) is 0 Å². The minimum atomic E-state index is 0. The van der Waals surface area contributed by atoms with Crippen LogP contribution < -0.4 is 51.4 Å². The zero-order valence-electron chi connectivity index (χ0n) is 13.5. The maximum atomic E-state index is 8.64. The van der Waals surface area contributed by atoms with Gasteiger partial charge in [0, 0.05) is 6.61 Å². The van der Waals surface area contributed by atoms with E-state index in [4.69, 9.17) is 5.11 Å². The minimum Gasteiger partial charge on any atom is -0.870 e. The van der Waals surface area contributed by atoms with Gasteiger partial charge in [-0.2, -0.15) is 0 Å². The van der Waals surface area contributed by atoms with Crippen molar-refractivity contribution in [3.8, 4) is 0 Å². The van der Waals surface area contributed by atoms with E-state index < -0.39 is 0 Å². The summed E-state index contributed by atoms with van der Waals surface area (Å²) in [5, 5.41) is 8.64. The topological polar surface area (TPSA) is 50.2 Å². The van der Waals surface area contributed by atoms with E-state index in [-0.39, 0.29) is 56.9 Å². The van der Waals surface area contributed by atoms with Gasteiger partial charge in [0.05, 0.1) is 0 Å². The molecule has 0 saturated carbocycles. The van der Waals surface area contributed by atoms with E-state index in [9.17, 15) is 0 Å². The van der Waals surface area contributed by atoms with Gasteiger partial charge in [0.2, 0.25) is 0 Å². The van der Waals surface area contributed by atoms with Crippen LogP contribution in [0.5, 0.6) is 0 Å². The van der Waals surface area contributed by atoms with Gasteiger partial charge < -0.3 is 10.6 Å². The Kier molecular flexibility index (Phi) is 33.0. The molecule has 112 valence electrons. The van der Waals surface area contributed by atoms with Gasteiger partial charge in [0.15, 0.2) is 0 Å². The summed E-state index contributed by atoms with van der Waals surface area (Å²) in [5.41, 5.74) is 0. The Labute approximate surface area is 163 Å². The number of unbranched alkanes of at least 4 members (excludes halogenated alkanes) is 13. The molecule has 0 atom stereocenters. The number of hydrogen-bond donors (Lipinski definition) is 1. The quantitative estimate of drug-likeness (QED) is 0.395. The fourth-order valence-electron chi connectivity index (χ4n) is 2.31. The fourth-order valence-corrected chi connectivity index (χ4v) is 2.31. The van der Waals surface area contributed by atoms with Gasteiger partial charge in [-0.3, -0.25) is 0 Å². The molecule has 0 fully saturated rings. The Balaban J connectivity index is -0.00000128. The third-order valence-corrected chi connectivity index (χ3v) is 3.51. The molecule has 0 aromatic carbocycles. The van der Waals surface area contributed by atoms with Gasteiger partial charge in [0.25, 0.3) is 0 Å². The van der Waals surface area contributed by atoms with Crippen LogP contribution in [-0.4, -0.2) is 17.2 Å². The first-order valence-electron chi connectivity index (χ1n) is 8.02. The molecule has 0 aliphatic carbocycles. The number of hydrogen-bond acceptors (Lipinski definition) is 2. The Bertz CT molecular complexity index is 118. The average Bonchev–Trinajstić information content (AvgIpc) is 2.35. The molecule has 0 saturated heterocycles. The molecule has 0 aliphatic heterocycles. The van der Waals surface area contributed by atoms with Gasteiger partial charge in [-0.15, -0.1) is 0 Å². The molecule has 2 N–H and O–H groups in total. The fraction of sp³-hybridized carbons (Fsp3) is 1.00. The van der Waals surface area contributed by atoms with E-state index in [0.717, 1.165) is 6.42 Å². The van der Waals surface area contributed by atoms with E-state index in [1.807, 2.05) is 0 Å². The molecule has 0 rings (SSSR count). The van der Waals surface area contributed by atoms with Gasteiger partial charge >= 0.3 is 51.4 Å². The van der Waals surface area contributed by atoms with Crippen LogP contribution in [0.1, 0.15) is 96.8 Å². The molecule has 0 unspecified atom stereocenters. The first kappa shape index (κ1) is 25.5. The molecular weight excluding hydrogens is 263 g/mol. The second-order valence-corrected chi connectivity index (χ2v) is 5.32. The van der Waals surface area contributed by atoms with Gasteiger partial charge in [-0.05, 0) is 6.42 Å². The van der Waals surface area contributed by atoms with Gasteiger partial charge in [-0.25, -0.2) is 0 Å². The van der Waals surface area contributed by atoms with Crippen LogP contribution >= 0.6 is 0 Å². The van der Waals surface area contributed by atoms with Crippen molar-refractivity contribution in [3.63, 3.8) is 0 Å². The molecular formula is C16H35KO2. The van der Waals surface area contributed by atoms with Crippen molar-refractivity contribution in [1.29, 1.82) is 0 Å². The molecule has 3 heteroatoms. The Morgan fingerprint density at radius 3 is 1.05 bits per heavy atom. The predicted octanol–water partition coefficient (Wildman–Crippen LogP) is 2.29. The minimum absolute atomic E-state index is 0. The van der Waals surface area contributed by atoms with Crippen LogP contribution in [0.2, 0.25) is 0 Å². The van der Waals surface area contributed by atoms with Crippen molar-refractivity contribution in [2.45, 2.75) is 96.8 Å². The summed E-state index contributed by atoms with van der Waals surface area (Å²) in [6.07, 6.45) is 19.2. The zero-order chi connectivity index (χ0) is 12.6. The molecule has 19 heavy (non-hydrogen) atoms. The summed E-state index contributed by atoms with van der Waals surface area (Å²) < 4.78 is 0. The maximum absolute atomic E-state index is 8.64. The largest absolute Gasteiger partial charge is 1.00 e. The standard InChI is InChI=1S/C16H34O.K.H2O/c1-2-3-4-5-6-7-8-9-10-11-12-13-14-15-16-17;;/h17H,2-16H2,1H3;;1H2/q;+1;/p-1. The Morgan fingerprint density at radius 1 is 0.526 bits per heavy atom. The molecule has 0 heterocycles. The van der Waals surface area contributed by atoms with Gasteiger partial charge in [-0.1, -0.05) is 90.4 Å². The van der Waals surface area contributed by atoms with Crippen molar-refractivity contribution in [3.05, 3.63) is 0 Å². The van der Waals surface area contributed by atoms with E-state index in [0.29, 0.717) is 6.61 Å². The summed E-state index contributed by atoms with van der Waals surface area (Å²) in [7, 11) is 0. The zero-order valence-corrected chi connectivity index (χ0v) is 16.6. The molecule has 0 aromatic rings. The smallest absolute Gasteiger partial charge is 0.870 e. The van der Waals surface area contributed by atoms with E-state index in [1.165, 1.54) is 83.5 Å². The van der Waals surface area contributed by atoms with E-state index in [1.54, 1.807) is 0 Å².